The van der Waals surface area contributed by atoms with Crippen LogP contribution < -0.4 is 0 Å². The third kappa shape index (κ3) is 1.50. The fraction of sp³-hybridized carbons (Fsp3) is 0.545. The highest BCUT2D eigenvalue weighted by Gasteiger charge is 2.34. The second-order valence-corrected chi connectivity index (χ2v) is 4.32. The van der Waals surface area contributed by atoms with E-state index in [1.54, 1.807) is 6.08 Å². The summed E-state index contributed by atoms with van der Waals surface area (Å²) in [6.45, 7) is 8.29. The second-order valence-electron chi connectivity index (χ2n) is 4.32. The van der Waals surface area contributed by atoms with Gasteiger partial charge in [0.2, 0.25) is 0 Å². The van der Waals surface area contributed by atoms with E-state index in [-0.39, 0.29) is 17.1 Å². The monoisotopic (exact) mass is 164 g/mol. The molecule has 0 aromatic rings. The molecule has 12 heavy (non-hydrogen) atoms. The third-order valence-corrected chi connectivity index (χ3v) is 2.26. The number of carbonyl (C=O) groups excluding carboxylic acids is 1. The van der Waals surface area contributed by atoms with Gasteiger partial charge in [0.15, 0.2) is 5.78 Å². The van der Waals surface area contributed by atoms with Crippen molar-refractivity contribution in [3.8, 4) is 0 Å². The van der Waals surface area contributed by atoms with Gasteiger partial charge in [-0.3, -0.25) is 4.79 Å². The van der Waals surface area contributed by atoms with Crippen molar-refractivity contribution in [1.29, 1.82) is 0 Å². The average Bonchev–Trinajstić information content (AvgIpc) is 2.29. The van der Waals surface area contributed by atoms with Crippen LogP contribution in [0.2, 0.25) is 0 Å². The molecule has 0 heterocycles. The molecule has 1 heteroatoms. The van der Waals surface area contributed by atoms with Gasteiger partial charge in [0.1, 0.15) is 0 Å². The van der Waals surface area contributed by atoms with E-state index in [1.807, 2.05) is 19.1 Å². The van der Waals surface area contributed by atoms with Gasteiger partial charge < -0.3 is 0 Å². The van der Waals surface area contributed by atoms with E-state index in [0.717, 1.165) is 5.57 Å². The molecule has 0 aromatic heterocycles. The van der Waals surface area contributed by atoms with Gasteiger partial charge in [-0.15, -0.1) is 0 Å². The lowest BCUT2D eigenvalue weighted by Gasteiger charge is -2.26. The van der Waals surface area contributed by atoms with Crippen molar-refractivity contribution < 1.29 is 4.79 Å². The summed E-state index contributed by atoms with van der Waals surface area (Å²) in [5.41, 5.74) is 1.20. The lowest BCUT2D eigenvalue weighted by Crippen LogP contribution is -2.25. The first kappa shape index (κ1) is 9.24. The minimum atomic E-state index is 0.0441. The highest BCUT2D eigenvalue weighted by Crippen LogP contribution is 2.36. The molecule has 0 spiro atoms. The van der Waals surface area contributed by atoms with E-state index < -0.39 is 0 Å². The molecule has 0 saturated heterocycles. The predicted octanol–water partition coefficient (Wildman–Crippen LogP) is 2.73. The van der Waals surface area contributed by atoms with E-state index in [0.29, 0.717) is 0 Å². The summed E-state index contributed by atoms with van der Waals surface area (Å²) < 4.78 is 0. The Labute approximate surface area is 74.2 Å². The summed E-state index contributed by atoms with van der Waals surface area (Å²) in [4.78, 5) is 11.5. The molecule has 0 saturated carbocycles. The molecule has 0 aromatic carbocycles. The number of rotatable bonds is 0. The van der Waals surface area contributed by atoms with Crippen molar-refractivity contribution in [2.24, 2.45) is 11.3 Å². The maximum Gasteiger partial charge on any atom is 0.163 e. The van der Waals surface area contributed by atoms with Crippen molar-refractivity contribution in [3.63, 3.8) is 0 Å². The van der Waals surface area contributed by atoms with Gasteiger partial charge in [-0.2, -0.15) is 0 Å². The van der Waals surface area contributed by atoms with E-state index in [1.165, 1.54) is 0 Å². The summed E-state index contributed by atoms with van der Waals surface area (Å²) in [7, 11) is 0. The Kier molecular flexibility index (Phi) is 2.22. The molecule has 1 aliphatic rings. The van der Waals surface area contributed by atoms with Gasteiger partial charge in [0, 0.05) is 0 Å². The number of hydrogen-bond donors (Lipinski definition) is 0. The molecule has 0 radical (unpaired) electrons. The Morgan fingerprint density at radius 2 is 1.92 bits per heavy atom. The summed E-state index contributed by atoms with van der Waals surface area (Å²) in [5, 5.41) is 0. The number of carbonyl (C=O) groups is 1. The first-order chi connectivity index (χ1) is 5.46. The Morgan fingerprint density at radius 1 is 1.33 bits per heavy atom. The minimum absolute atomic E-state index is 0.0441. The van der Waals surface area contributed by atoms with Crippen LogP contribution in [0.25, 0.3) is 0 Å². The van der Waals surface area contributed by atoms with Gasteiger partial charge in [-0.25, -0.2) is 0 Å². The fourth-order valence-corrected chi connectivity index (χ4v) is 1.72. The zero-order chi connectivity index (χ0) is 9.35. The predicted molar refractivity (Wildman–Crippen MR) is 50.8 cm³/mol. The molecule has 1 rings (SSSR count). The summed E-state index contributed by atoms with van der Waals surface area (Å²) in [5.74, 6) is 0.318. The van der Waals surface area contributed by atoms with Crippen LogP contribution in [-0.4, -0.2) is 5.78 Å². The average molecular weight is 164 g/mol. The standard InChI is InChI=1S/C11H16O/c1-5-8-6-7-9(12)10(8)11(2,3)4/h5-7,10H,1-4H3/b8-5+. The van der Waals surface area contributed by atoms with Crippen LogP contribution in [0, 0.1) is 11.3 Å². The lowest BCUT2D eigenvalue weighted by atomic mass is 9.76. The number of ketones is 1. The largest absolute Gasteiger partial charge is 0.294 e. The van der Waals surface area contributed by atoms with Gasteiger partial charge in [-0.1, -0.05) is 32.9 Å². The molecule has 0 aliphatic heterocycles. The van der Waals surface area contributed by atoms with Crippen molar-refractivity contribution in [1.82, 2.24) is 0 Å². The van der Waals surface area contributed by atoms with Crippen molar-refractivity contribution in [2.75, 3.05) is 0 Å². The molecule has 1 unspecified atom stereocenters. The highest BCUT2D eigenvalue weighted by atomic mass is 16.1. The van der Waals surface area contributed by atoms with Crippen LogP contribution in [0.1, 0.15) is 27.7 Å². The first-order valence-electron chi connectivity index (χ1n) is 4.35. The lowest BCUT2D eigenvalue weighted by molar-refractivity contribution is -0.119. The maximum absolute atomic E-state index is 11.5. The zero-order valence-corrected chi connectivity index (χ0v) is 8.22. The molecule has 0 N–H and O–H groups in total. The molecule has 1 atom stereocenters. The smallest absolute Gasteiger partial charge is 0.163 e. The van der Waals surface area contributed by atoms with Crippen molar-refractivity contribution in [3.05, 3.63) is 23.8 Å². The molecule has 1 aliphatic carbocycles. The molecule has 0 bridgehead atoms. The number of allylic oxidation sites excluding steroid dienone is 4. The number of hydrogen-bond acceptors (Lipinski definition) is 1. The topological polar surface area (TPSA) is 17.1 Å². The van der Waals surface area contributed by atoms with Crippen LogP contribution in [0.4, 0.5) is 0 Å². The molecule has 66 valence electrons. The third-order valence-electron chi connectivity index (χ3n) is 2.26. The van der Waals surface area contributed by atoms with Crippen LogP contribution in [0.5, 0.6) is 0 Å². The van der Waals surface area contributed by atoms with Crippen LogP contribution in [0.15, 0.2) is 23.8 Å². The summed E-state index contributed by atoms with van der Waals surface area (Å²) in [6.07, 6.45) is 5.64. The van der Waals surface area contributed by atoms with Gasteiger partial charge in [-0.05, 0) is 24.0 Å². The van der Waals surface area contributed by atoms with Crippen LogP contribution in [-0.2, 0) is 4.79 Å². The normalized spacial score (nSPS) is 27.2. The van der Waals surface area contributed by atoms with Crippen molar-refractivity contribution in [2.45, 2.75) is 27.7 Å². The first-order valence-corrected chi connectivity index (χ1v) is 4.35. The molecule has 1 nitrogen and oxygen atoms in total. The Bertz CT molecular complexity index is 251. The highest BCUT2D eigenvalue weighted by molar-refractivity contribution is 5.98. The minimum Gasteiger partial charge on any atom is -0.294 e. The second kappa shape index (κ2) is 2.89. The summed E-state index contributed by atoms with van der Waals surface area (Å²) >= 11 is 0. The molecule has 0 fully saturated rings. The Balaban J connectivity index is 2.98. The van der Waals surface area contributed by atoms with Crippen LogP contribution in [0.3, 0.4) is 0 Å². The van der Waals surface area contributed by atoms with E-state index >= 15 is 0 Å². The maximum atomic E-state index is 11.5. The van der Waals surface area contributed by atoms with Gasteiger partial charge >= 0.3 is 0 Å². The quantitative estimate of drug-likeness (QED) is 0.538. The molecular formula is C11H16O. The van der Waals surface area contributed by atoms with Gasteiger partial charge in [0.05, 0.1) is 5.92 Å². The van der Waals surface area contributed by atoms with E-state index in [9.17, 15) is 4.79 Å². The Hall–Kier alpha value is -0.850. The Morgan fingerprint density at radius 3 is 2.25 bits per heavy atom. The summed E-state index contributed by atoms with van der Waals surface area (Å²) in [6, 6.07) is 0. The van der Waals surface area contributed by atoms with Gasteiger partial charge in [0.25, 0.3) is 0 Å². The SMILES string of the molecule is C/C=C1\C=CC(=O)C1C(C)(C)C. The fourth-order valence-electron chi connectivity index (χ4n) is 1.72. The molecule has 0 amide bonds. The van der Waals surface area contributed by atoms with E-state index in [2.05, 4.69) is 20.8 Å². The zero-order valence-electron chi connectivity index (χ0n) is 8.22. The van der Waals surface area contributed by atoms with Crippen LogP contribution >= 0.6 is 0 Å². The van der Waals surface area contributed by atoms with Crippen molar-refractivity contribution >= 4 is 5.78 Å². The molecular weight excluding hydrogens is 148 g/mol. The van der Waals surface area contributed by atoms with E-state index in [4.69, 9.17) is 0 Å².